The van der Waals surface area contributed by atoms with Crippen molar-refractivity contribution >= 4 is 17.7 Å². The van der Waals surface area contributed by atoms with E-state index in [1.54, 1.807) is 18.2 Å². The lowest BCUT2D eigenvalue weighted by Gasteiger charge is -2.11. The van der Waals surface area contributed by atoms with Gasteiger partial charge >= 0.3 is 6.61 Å². The van der Waals surface area contributed by atoms with E-state index in [2.05, 4.69) is 15.2 Å². The Kier molecular flexibility index (Phi) is 6.60. The fourth-order valence-corrected chi connectivity index (χ4v) is 3.07. The second-order valence-corrected chi connectivity index (χ2v) is 6.04. The number of hydrogen-bond acceptors (Lipinski definition) is 5. The summed E-state index contributed by atoms with van der Waals surface area (Å²) in [6.45, 7) is 0.920. The largest absolute Gasteiger partial charge is 0.434 e. The first-order valence-electron chi connectivity index (χ1n) is 7.26. The van der Waals surface area contributed by atoms with Crippen LogP contribution in [0.15, 0.2) is 28.8 Å². The summed E-state index contributed by atoms with van der Waals surface area (Å²) < 4.78 is 34.2. The molecule has 2 rings (SSSR count). The van der Waals surface area contributed by atoms with Gasteiger partial charge in [-0.15, -0.1) is 11.8 Å². The van der Waals surface area contributed by atoms with E-state index in [0.717, 1.165) is 17.0 Å². The number of nitrogens with one attached hydrogen (secondary N) is 1. The van der Waals surface area contributed by atoms with E-state index >= 15 is 0 Å². The topological polar surface area (TPSA) is 64.4 Å². The Morgan fingerprint density at radius 2 is 2.12 bits per heavy atom. The molecule has 0 fully saturated rings. The van der Waals surface area contributed by atoms with Gasteiger partial charge in [0.1, 0.15) is 11.5 Å². The molecular formula is C16H18F2N2O3S. The number of carbonyl (C=O) groups is 1. The number of hydrogen-bond donors (Lipinski definition) is 1. The third-order valence-corrected chi connectivity index (χ3v) is 4.28. The minimum absolute atomic E-state index is 0.0659. The molecule has 24 heavy (non-hydrogen) atoms. The van der Waals surface area contributed by atoms with E-state index in [1.165, 1.54) is 17.8 Å². The normalized spacial score (nSPS) is 10.9. The zero-order valence-corrected chi connectivity index (χ0v) is 14.2. The predicted molar refractivity (Wildman–Crippen MR) is 87.1 cm³/mol. The van der Waals surface area contributed by atoms with Crippen LogP contribution in [0, 0.1) is 13.8 Å². The predicted octanol–water partition coefficient (Wildman–Crippen LogP) is 3.44. The summed E-state index contributed by atoms with van der Waals surface area (Å²) in [6.07, 6.45) is 0. The number of alkyl halides is 2. The van der Waals surface area contributed by atoms with E-state index in [0.29, 0.717) is 11.3 Å². The third-order valence-electron chi connectivity index (χ3n) is 3.33. The van der Waals surface area contributed by atoms with Crippen LogP contribution in [-0.4, -0.2) is 23.4 Å². The molecule has 0 spiro atoms. The van der Waals surface area contributed by atoms with Gasteiger partial charge in [-0.3, -0.25) is 4.79 Å². The van der Waals surface area contributed by atoms with Crippen LogP contribution in [0.3, 0.4) is 0 Å². The van der Waals surface area contributed by atoms with Crippen LogP contribution in [-0.2, 0) is 17.1 Å². The number of ether oxygens (including phenoxy) is 1. The molecule has 0 aliphatic heterocycles. The van der Waals surface area contributed by atoms with Crippen LogP contribution in [0.5, 0.6) is 5.75 Å². The zero-order chi connectivity index (χ0) is 17.5. The van der Waals surface area contributed by atoms with Gasteiger partial charge in [-0.2, -0.15) is 8.78 Å². The number of nitrogens with zero attached hydrogens (tertiary/aromatic N) is 1. The molecule has 1 amide bonds. The van der Waals surface area contributed by atoms with Gasteiger partial charge in [-0.05, 0) is 19.9 Å². The molecule has 1 aromatic heterocycles. The molecular weight excluding hydrogens is 338 g/mol. The number of rotatable bonds is 8. The highest BCUT2D eigenvalue weighted by molar-refractivity contribution is 7.99. The maximum atomic E-state index is 12.3. The van der Waals surface area contributed by atoms with Crippen molar-refractivity contribution in [2.75, 3.05) is 5.75 Å². The van der Waals surface area contributed by atoms with Gasteiger partial charge in [0.2, 0.25) is 5.91 Å². The van der Waals surface area contributed by atoms with Crippen LogP contribution in [0.1, 0.15) is 22.6 Å². The lowest BCUT2D eigenvalue weighted by atomic mass is 10.2. The number of aryl methyl sites for hydroxylation is 2. The molecule has 0 atom stereocenters. The highest BCUT2D eigenvalue weighted by Crippen LogP contribution is 2.21. The molecule has 1 N–H and O–H groups in total. The molecule has 0 radical (unpaired) electrons. The minimum Gasteiger partial charge on any atom is -0.434 e. The highest BCUT2D eigenvalue weighted by atomic mass is 32.2. The Hall–Kier alpha value is -2.09. The van der Waals surface area contributed by atoms with Gasteiger partial charge in [0, 0.05) is 23.4 Å². The van der Waals surface area contributed by atoms with Crippen molar-refractivity contribution < 1.29 is 22.8 Å². The first-order chi connectivity index (χ1) is 11.5. The average Bonchev–Trinajstić information content (AvgIpc) is 2.85. The number of aromatic nitrogens is 1. The Labute approximate surface area is 142 Å². The second-order valence-electron chi connectivity index (χ2n) is 5.06. The Bertz CT molecular complexity index is 672. The van der Waals surface area contributed by atoms with Crippen molar-refractivity contribution in [3.63, 3.8) is 0 Å². The summed E-state index contributed by atoms with van der Waals surface area (Å²) in [5.41, 5.74) is 2.31. The molecule has 0 aliphatic carbocycles. The Morgan fingerprint density at radius 3 is 2.79 bits per heavy atom. The number of thioether (sulfide) groups is 1. The SMILES string of the molecule is Cc1noc(C)c1CSCC(=O)NCc1ccccc1OC(F)F. The van der Waals surface area contributed by atoms with Crippen LogP contribution >= 0.6 is 11.8 Å². The fourth-order valence-electron chi connectivity index (χ4n) is 2.06. The van der Waals surface area contributed by atoms with Gasteiger partial charge in [0.25, 0.3) is 0 Å². The van der Waals surface area contributed by atoms with Gasteiger partial charge in [-0.25, -0.2) is 0 Å². The van der Waals surface area contributed by atoms with E-state index < -0.39 is 6.61 Å². The van der Waals surface area contributed by atoms with Crippen molar-refractivity contribution in [1.82, 2.24) is 10.5 Å². The van der Waals surface area contributed by atoms with E-state index in [4.69, 9.17) is 4.52 Å². The lowest BCUT2D eigenvalue weighted by molar-refractivity contribution is -0.118. The van der Waals surface area contributed by atoms with E-state index in [1.807, 2.05) is 13.8 Å². The maximum absolute atomic E-state index is 12.3. The smallest absolute Gasteiger partial charge is 0.387 e. The summed E-state index contributed by atoms with van der Waals surface area (Å²) in [5, 5.41) is 6.56. The second kappa shape index (κ2) is 8.68. The van der Waals surface area contributed by atoms with Crippen molar-refractivity contribution in [3.8, 4) is 5.75 Å². The molecule has 8 heteroatoms. The minimum atomic E-state index is -2.90. The summed E-state index contributed by atoms with van der Waals surface area (Å²) in [5.74, 6) is 1.51. The first-order valence-corrected chi connectivity index (χ1v) is 8.41. The van der Waals surface area contributed by atoms with Crippen molar-refractivity contribution in [2.24, 2.45) is 0 Å². The van der Waals surface area contributed by atoms with Gasteiger partial charge < -0.3 is 14.6 Å². The zero-order valence-electron chi connectivity index (χ0n) is 13.3. The molecule has 0 saturated heterocycles. The van der Waals surface area contributed by atoms with E-state index in [9.17, 15) is 13.6 Å². The van der Waals surface area contributed by atoms with Crippen LogP contribution in [0.25, 0.3) is 0 Å². The summed E-state index contributed by atoms with van der Waals surface area (Å²) in [4.78, 5) is 11.9. The monoisotopic (exact) mass is 356 g/mol. The molecule has 1 heterocycles. The fraction of sp³-hybridized carbons (Fsp3) is 0.375. The number of para-hydroxylation sites is 1. The van der Waals surface area contributed by atoms with Crippen LogP contribution < -0.4 is 10.1 Å². The van der Waals surface area contributed by atoms with Crippen molar-refractivity contribution in [2.45, 2.75) is 32.8 Å². The average molecular weight is 356 g/mol. The van der Waals surface area contributed by atoms with Crippen LogP contribution in [0.2, 0.25) is 0 Å². The summed E-state index contributed by atoms with van der Waals surface area (Å²) in [6, 6.07) is 6.38. The Morgan fingerprint density at radius 1 is 1.38 bits per heavy atom. The molecule has 5 nitrogen and oxygen atoms in total. The quantitative estimate of drug-likeness (QED) is 0.785. The van der Waals surface area contributed by atoms with Crippen LogP contribution in [0.4, 0.5) is 8.78 Å². The number of halogens is 2. The molecule has 0 unspecified atom stereocenters. The molecule has 0 bridgehead atoms. The first kappa shape index (κ1) is 18.3. The molecule has 1 aromatic carbocycles. The van der Waals surface area contributed by atoms with Gasteiger partial charge in [0.15, 0.2) is 0 Å². The number of amides is 1. The molecule has 0 saturated carbocycles. The van der Waals surface area contributed by atoms with Gasteiger partial charge in [0.05, 0.1) is 11.4 Å². The summed E-state index contributed by atoms with van der Waals surface area (Å²) in [7, 11) is 0. The highest BCUT2D eigenvalue weighted by Gasteiger charge is 2.12. The van der Waals surface area contributed by atoms with Gasteiger partial charge in [-0.1, -0.05) is 23.4 Å². The van der Waals surface area contributed by atoms with Crippen molar-refractivity contribution in [1.29, 1.82) is 0 Å². The van der Waals surface area contributed by atoms with Crippen molar-refractivity contribution in [3.05, 3.63) is 46.8 Å². The molecule has 2 aromatic rings. The summed E-state index contributed by atoms with van der Waals surface area (Å²) >= 11 is 1.43. The molecule has 130 valence electrons. The molecule has 0 aliphatic rings. The Balaban J connectivity index is 1.79. The third kappa shape index (κ3) is 5.23. The lowest BCUT2D eigenvalue weighted by Crippen LogP contribution is -2.25. The number of carbonyl (C=O) groups excluding carboxylic acids is 1. The number of benzene rings is 1. The standard InChI is InChI=1S/C16H18F2N2O3S/c1-10-13(11(2)23-20-10)8-24-9-15(21)19-7-12-5-3-4-6-14(12)22-16(17)18/h3-6,16H,7-9H2,1-2H3,(H,19,21). The van der Waals surface area contributed by atoms with E-state index in [-0.39, 0.29) is 24.0 Å². The maximum Gasteiger partial charge on any atom is 0.387 e.